The van der Waals surface area contributed by atoms with Gasteiger partial charge in [0, 0.05) is 48.7 Å². The van der Waals surface area contributed by atoms with Crippen LogP contribution >= 0.6 is 11.6 Å². The lowest BCUT2D eigenvalue weighted by Crippen LogP contribution is -2.40. The Morgan fingerprint density at radius 3 is 2.68 bits per heavy atom. The molecule has 22 heavy (non-hydrogen) atoms. The quantitative estimate of drug-likeness (QED) is 0.787. The molecule has 1 amide bonds. The third-order valence-corrected chi connectivity index (χ3v) is 3.65. The van der Waals surface area contributed by atoms with E-state index in [-0.39, 0.29) is 5.91 Å². The highest BCUT2D eigenvalue weighted by Gasteiger charge is 2.09. The van der Waals surface area contributed by atoms with E-state index in [1.54, 1.807) is 30.3 Å². The number of hydrogen-bond donors (Lipinski definition) is 2. The zero-order chi connectivity index (χ0) is 15.8. The first kappa shape index (κ1) is 16.8. The van der Waals surface area contributed by atoms with Gasteiger partial charge in [0.15, 0.2) is 0 Å². The number of nitrogens with one attached hydrogen (secondary N) is 2. The number of carbonyl (C=O) groups is 1. The van der Waals surface area contributed by atoms with Crippen molar-refractivity contribution in [3.05, 3.63) is 41.1 Å². The monoisotopic (exact) mass is 323 g/mol. The van der Waals surface area contributed by atoms with Gasteiger partial charge in [0.2, 0.25) is 5.91 Å². The molecule has 0 spiro atoms. The molecule has 0 aliphatic carbocycles. The number of anilines is 1. The minimum absolute atomic E-state index is 0.154. The van der Waals surface area contributed by atoms with Crippen LogP contribution in [0.25, 0.3) is 0 Å². The number of nitrogens with zero attached hydrogens (tertiary/aromatic N) is 1. The van der Waals surface area contributed by atoms with Crippen LogP contribution in [0, 0.1) is 0 Å². The van der Waals surface area contributed by atoms with Gasteiger partial charge in [0.05, 0.1) is 13.2 Å². The minimum Gasteiger partial charge on any atom is -0.387 e. The molecule has 1 saturated heterocycles. The van der Waals surface area contributed by atoms with Crippen molar-refractivity contribution in [3.8, 4) is 0 Å². The first-order chi connectivity index (χ1) is 10.6. The molecule has 1 aliphatic rings. The zero-order valence-corrected chi connectivity index (χ0v) is 13.5. The summed E-state index contributed by atoms with van der Waals surface area (Å²) >= 11 is 5.81. The number of ether oxygens (including phenoxy) is 1. The Balaban J connectivity index is 1.71. The van der Waals surface area contributed by atoms with Crippen LogP contribution in [-0.2, 0) is 9.53 Å². The van der Waals surface area contributed by atoms with Gasteiger partial charge in [-0.25, -0.2) is 0 Å². The summed E-state index contributed by atoms with van der Waals surface area (Å²) < 4.78 is 5.31. The molecular formula is C16H22ClN3O2. The lowest BCUT2D eigenvalue weighted by molar-refractivity contribution is -0.112. The molecule has 0 unspecified atom stereocenters. The van der Waals surface area contributed by atoms with Crippen molar-refractivity contribution in [2.24, 2.45) is 0 Å². The summed E-state index contributed by atoms with van der Waals surface area (Å²) in [5.41, 5.74) is 1.58. The Morgan fingerprint density at radius 1 is 1.32 bits per heavy atom. The first-order valence-electron chi connectivity index (χ1n) is 7.42. The molecule has 0 saturated carbocycles. The maximum absolute atomic E-state index is 11.9. The van der Waals surface area contributed by atoms with Crippen molar-refractivity contribution in [2.45, 2.75) is 6.92 Å². The van der Waals surface area contributed by atoms with E-state index >= 15 is 0 Å². The topological polar surface area (TPSA) is 53.6 Å². The van der Waals surface area contributed by atoms with E-state index in [4.69, 9.17) is 16.3 Å². The smallest absolute Gasteiger partial charge is 0.250 e. The van der Waals surface area contributed by atoms with Gasteiger partial charge in [-0.05, 0) is 31.2 Å². The number of allylic oxidation sites excluding steroid dienone is 1. The Morgan fingerprint density at radius 2 is 2.00 bits per heavy atom. The second-order valence-corrected chi connectivity index (χ2v) is 5.64. The molecule has 1 aromatic rings. The number of amides is 1. The van der Waals surface area contributed by atoms with E-state index < -0.39 is 0 Å². The Bertz CT molecular complexity index is 511. The normalized spacial score (nSPS) is 16.4. The maximum Gasteiger partial charge on any atom is 0.250 e. The van der Waals surface area contributed by atoms with Gasteiger partial charge in [-0.3, -0.25) is 9.69 Å². The fraction of sp³-hybridized carbons (Fsp3) is 0.438. The summed E-state index contributed by atoms with van der Waals surface area (Å²) in [6.07, 6.45) is 1.56. The van der Waals surface area contributed by atoms with Crippen LogP contribution in [-0.4, -0.2) is 50.2 Å². The molecular weight excluding hydrogens is 302 g/mol. The van der Waals surface area contributed by atoms with Gasteiger partial charge in [-0.15, -0.1) is 0 Å². The molecule has 1 fully saturated rings. The number of morpholine rings is 1. The number of carbonyl (C=O) groups excluding carboxylic acids is 1. The summed E-state index contributed by atoms with van der Waals surface area (Å²) in [7, 11) is 0. The second-order valence-electron chi connectivity index (χ2n) is 5.20. The summed E-state index contributed by atoms with van der Waals surface area (Å²) in [4.78, 5) is 14.2. The van der Waals surface area contributed by atoms with Crippen molar-refractivity contribution in [1.82, 2.24) is 10.2 Å². The lowest BCUT2D eigenvalue weighted by Gasteiger charge is -2.26. The highest BCUT2D eigenvalue weighted by atomic mass is 35.5. The van der Waals surface area contributed by atoms with Crippen LogP contribution in [0.5, 0.6) is 0 Å². The van der Waals surface area contributed by atoms with Crippen molar-refractivity contribution in [1.29, 1.82) is 0 Å². The molecule has 2 rings (SSSR count). The average Bonchev–Trinajstić information content (AvgIpc) is 2.50. The van der Waals surface area contributed by atoms with Crippen LogP contribution < -0.4 is 10.6 Å². The molecule has 120 valence electrons. The van der Waals surface area contributed by atoms with Crippen molar-refractivity contribution in [2.75, 3.05) is 44.7 Å². The summed E-state index contributed by atoms with van der Waals surface area (Å²) in [5.74, 6) is -0.154. The van der Waals surface area contributed by atoms with E-state index in [1.807, 2.05) is 6.92 Å². The standard InChI is InChI=1S/C16H22ClN3O2/c1-13(18-6-7-20-8-10-22-11-9-20)12-16(21)19-15-4-2-14(17)3-5-15/h2-5,12,18H,6-11H2,1H3,(H,19,21)/b13-12+. The molecule has 2 N–H and O–H groups in total. The van der Waals surface area contributed by atoms with E-state index in [9.17, 15) is 4.79 Å². The molecule has 6 heteroatoms. The van der Waals surface area contributed by atoms with E-state index in [0.717, 1.165) is 50.8 Å². The Kier molecular flexibility index (Phi) is 6.71. The summed E-state index contributed by atoms with van der Waals surface area (Å²) in [6, 6.07) is 7.03. The van der Waals surface area contributed by atoms with Gasteiger partial charge in [-0.1, -0.05) is 11.6 Å². The number of benzene rings is 1. The van der Waals surface area contributed by atoms with Crippen LogP contribution in [0.2, 0.25) is 5.02 Å². The van der Waals surface area contributed by atoms with Crippen LogP contribution in [0.15, 0.2) is 36.0 Å². The van der Waals surface area contributed by atoms with E-state index in [2.05, 4.69) is 15.5 Å². The third kappa shape index (κ3) is 6.05. The molecule has 0 bridgehead atoms. The molecule has 0 atom stereocenters. The number of hydrogen-bond acceptors (Lipinski definition) is 4. The Labute approximate surface area is 136 Å². The van der Waals surface area contributed by atoms with Crippen molar-refractivity contribution >= 4 is 23.2 Å². The molecule has 1 aliphatic heterocycles. The van der Waals surface area contributed by atoms with E-state index in [1.165, 1.54) is 0 Å². The number of halogens is 1. The Hall–Kier alpha value is -1.56. The van der Waals surface area contributed by atoms with Gasteiger partial charge in [0.1, 0.15) is 0 Å². The minimum atomic E-state index is -0.154. The predicted octanol–water partition coefficient (Wildman–Crippen LogP) is 2.10. The van der Waals surface area contributed by atoms with Crippen LogP contribution in [0.3, 0.4) is 0 Å². The highest BCUT2D eigenvalue weighted by Crippen LogP contribution is 2.13. The predicted molar refractivity (Wildman–Crippen MR) is 89.1 cm³/mol. The maximum atomic E-state index is 11.9. The first-order valence-corrected chi connectivity index (χ1v) is 7.80. The fourth-order valence-corrected chi connectivity index (χ4v) is 2.32. The highest BCUT2D eigenvalue weighted by molar-refractivity contribution is 6.30. The largest absolute Gasteiger partial charge is 0.387 e. The van der Waals surface area contributed by atoms with Crippen LogP contribution in [0.4, 0.5) is 5.69 Å². The van der Waals surface area contributed by atoms with Gasteiger partial charge in [-0.2, -0.15) is 0 Å². The molecule has 0 radical (unpaired) electrons. The second kappa shape index (κ2) is 8.78. The average molecular weight is 324 g/mol. The van der Waals surface area contributed by atoms with Gasteiger partial charge >= 0.3 is 0 Å². The summed E-state index contributed by atoms with van der Waals surface area (Å²) in [6.45, 7) is 7.21. The zero-order valence-electron chi connectivity index (χ0n) is 12.8. The molecule has 5 nitrogen and oxygen atoms in total. The lowest BCUT2D eigenvalue weighted by atomic mass is 10.3. The SMILES string of the molecule is C/C(=C\C(=O)Nc1ccc(Cl)cc1)NCCN1CCOCC1. The fourth-order valence-electron chi connectivity index (χ4n) is 2.20. The van der Waals surface area contributed by atoms with E-state index in [0.29, 0.717) is 5.02 Å². The third-order valence-electron chi connectivity index (χ3n) is 3.39. The molecule has 1 aromatic carbocycles. The molecule has 1 heterocycles. The molecule has 0 aromatic heterocycles. The van der Waals surface area contributed by atoms with Gasteiger partial charge < -0.3 is 15.4 Å². The van der Waals surface area contributed by atoms with Gasteiger partial charge in [0.25, 0.3) is 0 Å². The summed E-state index contributed by atoms with van der Waals surface area (Å²) in [5, 5.41) is 6.70. The number of rotatable bonds is 6. The van der Waals surface area contributed by atoms with Crippen LogP contribution in [0.1, 0.15) is 6.92 Å². The van der Waals surface area contributed by atoms with Crippen molar-refractivity contribution < 1.29 is 9.53 Å². The van der Waals surface area contributed by atoms with Crippen molar-refractivity contribution in [3.63, 3.8) is 0 Å².